The molecule has 7 nitrogen and oxygen atoms in total. The van der Waals surface area contributed by atoms with Crippen LogP contribution in [-0.4, -0.2) is 52.7 Å². The van der Waals surface area contributed by atoms with Crippen LogP contribution in [0, 0.1) is 19.8 Å². The first kappa shape index (κ1) is 17.3. The summed E-state index contributed by atoms with van der Waals surface area (Å²) >= 11 is 0. The number of nitrogens with zero attached hydrogens (tertiary/aromatic N) is 4. The quantitative estimate of drug-likeness (QED) is 0.830. The molecule has 0 aromatic carbocycles. The van der Waals surface area contributed by atoms with Crippen molar-refractivity contribution in [3.63, 3.8) is 0 Å². The monoisotopic (exact) mass is 344 g/mol. The van der Waals surface area contributed by atoms with Crippen LogP contribution in [0.2, 0.25) is 0 Å². The van der Waals surface area contributed by atoms with Crippen molar-refractivity contribution >= 4 is 5.91 Å². The minimum Gasteiger partial charge on any atom is -0.481 e. The van der Waals surface area contributed by atoms with E-state index in [4.69, 9.17) is 9.47 Å². The lowest BCUT2D eigenvalue weighted by molar-refractivity contribution is 0.0781. The third kappa shape index (κ3) is 3.45. The van der Waals surface area contributed by atoms with Gasteiger partial charge in [0.05, 0.1) is 14.2 Å². The molecule has 1 atom stereocenters. The molecule has 0 bridgehead atoms. The molecule has 134 valence electrons. The van der Waals surface area contributed by atoms with Crippen molar-refractivity contribution in [3.8, 4) is 11.8 Å². The maximum absolute atomic E-state index is 12.9. The van der Waals surface area contributed by atoms with E-state index in [0.717, 1.165) is 37.6 Å². The Balaban J connectivity index is 1.70. The molecule has 2 aromatic heterocycles. The maximum atomic E-state index is 12.9. The van der Waals surface area contributed by atoms with Gasteiger partial charge in [-0.15, -0.1) is 0 Å². The molecule has 2 aromatic rings. The number of pyridine rings is 1. The Morgan fingerprint density at radius 1 is 1.28 bits per heavy atom. The van der Waals surface area contributed by atoms with E-state index in [9.17, 15) is 4.79 Å². The fraction of sp³-hybridized carbons (Fsp3) is 0.500. The number of amides is 1. The normalized spacial score (nSPS) is 17.0. The molecule has 1 fully saturated rings. The zero-order valence-corrected chi connectivity index (χ0v) is 15.2. The van der Waals surface area contributed by atoms with Gasteiger partial charge in [-0.3, -0.25) is 4.79 Å². The molecule has 1 amide bonds. The number of aryl methyl sites for hydroxylation is 2. The molecule has 1 saturated heterocycles. The van der Waals surface area contributed by atoms with Crippen molar-refractivity contribution in [2.24, 2.45) is 5.92 Å². The number of hydrogen-bond donors (Lipinski definition) is 0. The van der Waals surface area contributed by atoms with Gasteiger partial charge in [-0.25, -0.2) is 4.98 Å². The predicted octanol–water partition coefficient (Wildman–Crippen LogP) is 2.07. The van der Waals surface area contributed by atoms with Crippen LogP contribution in [0.5, 0.6) is 11.8 Å². The number of ether oxygens (including phenoxy) is 2. The molecule has 0 saturated carbocycles. The van der Waals surface area contributed by atoms with Gasteiger partial charge in [0.25, 0.3) is 5.91 Å². The Bertz CT molecular complexity index is 752. The summed E-state index contributed by atoms with van der Waals surface area (Å²) in [5, 5.41) is 0. The van der Waals surface area contributed by atoms with E-state index in [1.54, 1.807) is 12.1 Å². The van der Waals surface area contributed by atoms with Gasteiger partial charge >= 0.3 is 0 Å². The van der Waals surface area contributed by atoms with Gasteiger partial charge in [0, 0.05) is 37.6 Å². The molecule has 1 aliphatic rings. The van der Waals surface area contributed by atoms with Gasteiger partial charge in [-0.05, 0) is 32.3 Å². The fourth-order valence-electron chi connectivity index (χ4n) is 3.31. The van der Waals surface area contributed by atoms with E-state index in [1.165, 1.54) is 14.2 Å². The van der Waals surface area contributed by atoms with E-state index < -0.39 is 0 Å². The molecule has 1 unspecified atom stereocenters. The van der Waals surface area contributed by atoms with Crippen LogP contribution in [0.3, 0.4) is 0 Å². The summed E-state index contributed by atoms with van der Waals surface area (Å²) in [5.41, 5.74) is 1.63. The number of aromatic nitrogens is 3. The van der Waals surface area contributed by atoms with Crippen LogP contribution in [-0.2, 0) is 6.54 Å². The molecule has 0 spiro atoms. The first-order valence-electron chi connectivity index (χ1n) is 8.40. The second kappa shape index (κ2) is 7.13. The van der Waals surface area contributed by atoms with Crippen LogP contribution in [0.1, 0.15) is 28.3 Å². The number of carbonyl (C=O) groups is 1. The number of likely N-dealkylation sites (tertiary alicyclic amines) is 1. The molecular weight excluding hydrogens is 320 g/mol. The summed E-state index contributed by atoms with van der Waals surface area (Å²) in [6.07, 6.45) is 2.87. The van der Waals surface area contributed by atoms with Gasteiger partial charge in [0.1, 0.15) is 11.4 Å². The van der Waals surface area contributed by atoms with Crippen molar-refractivity contribution in [3.05, 3.63) is 35.4 Å². The summed E-state index contributed by atoms with van der Waals surface area (Å²) in [5.74, 6) is 2.12. The average molecular weight is 344 g/mol. The summed E-state index contributed by atoms with van der Waals surface area (Å²) in [6, 6.07) is 3.39. The van der Waals surface area contributed by atoms with Gasteiger partial charge in [-0.1, -0.05) is 0 Å². The minimum atomic E-state index is -0.0476. The summed E-state index contributed by atoms with van der Waals surface area (Å²) in [6.45, 7) is 6.43. The molecule has 7 heteroatoms. The van der Waals surface area contributed by atoms with Gasteiger partial charge in [-0.2, -0.15) is 4.98 Å². The molecule has 1 aliphatic heterocycles. The number of imidazole rings is 1. The van der Waals surface area contributed by atoms with Crippen LogP contribution < -0.4 is 9.47 Å². The standard InChI is InChI=1S/C18H24N4O3/c1-12-9-19-13(2)22(12)11-14-7-8-21(10-14)18(23)15-5-6-16(24-3)20-17(15)25-4/h5-6,9,14H,7-8,10-11H2,1-4H3. The Kier molecular flexibility index (Phi) is 4.92. The molecular formula is C18H24N4O3. The van der Waals surface area contributed by atoms with Crippen LogP contribution in [0.4, 0.5) is 0 Å². The summed E-state index contributed by atoms with van der Waals surface area (Å²) in [4.78, 5) is 23.3. The Morgan fingerprint density at radius 3 is 2.72 bits per heavy atom. The van der Waals surface area contributed by atoms with Gasteiger partial charge in [0.15, 0.2) is 0 Å². The third-order valence-electron chi connectivity index (χ3n) is 4.74. The maximum Gasteiger partial charge on any atom is 0.259 e. The lowest BCUT2D eigenvalue weighted by Gasteiger charge is -2.19. The Morgan fingerprint density at radius 2 is 2.08 bits per heavy atom. The molecule has 0 radical (unpaired) electrons. The zero-order valence-electron chi connectivity index (χ0n) is 15.2. The highest BCUT2D eigenvalue weighted by molar-refractivity contribution is 5.96. The molecule has 3 rings (SSSR count). The highest BCUT2D eigenvalue weighted by Crippen LogP contribution is 2.26. The first-order chi connectivity index (χ1) is 12.0. The number of rotatable bonds is 5. The number of hydrogen-bond acceptors (Lipinski definition) is 5. The molecule has 0 aliphatic carbocycles. The second-order valence-corrected chi connectivity index (χ2v) is 6.37. The van der Waals surface area contributed by atoms with Crippen LogP contribution in [0.15, 0.2) is 18.3 Å². The van der Waals surface area contributed by atoms with Crippen LogP contribution in [0.25, 0.3) is 0 Å². The molecule has 3 heterocycles. The van der Waals surface area contributed by atoms with E-state index >= 15 is 0 Å². The second-order valence-electron chi connectivity index (χ2n) is 6.37. The Labute approximate surface area is 147 Å². The largest absolute Gasteiger partial charge is 0.481 e. The molecule has 0 N–H and O–H groups in total. The van der Waals surface area contributed by atoms with E-state index in [2.05, 4.69) is 21.5 Å². The lowest BCUT2D eigenvalue weighted by Crippen LogP contribution is -2.30. The number of methoxy groups -OCH3 is 2. The topological polar surface area (TPSA) is 69.5 Å². The first-order valence-corrected chi connectivity index (χ1v) is 8.40. The van der Waals surface area contributed by atoms with Crippen molar-refractivity contribution in [2.75, 3.05) is 27.3 Å². The van der Waals surface area contributed by atoms with Gasteiger partial charge in [0.2, 0.25) is 11.8 Å². The van der Waals surface area contributed by atoms with E-state index in [1.807, 2.05) is 18.0 Å². The smallest absolute Gasteiger partial charge is 0.259 e. The summed E-state index contributed by atoms with van der Waals surface area (Å²) < 4.78 is 12.6. The van der Waals surface area contributed by atoms with Crippen molar-refractivity contribution < 1.29 is 14.3 Å². The number of carbonyl (C=O) groups excluding carboxylic acids is 1. The van der Waals surface area contributed by atoms with Crippen LogP contribution >= 0.6 is 0 Å². The highest BCUT2D eigenvalue weighted by Gasteiger charge is 2.29. The van der Waals surface area contributed by atoms with Crippen molar-refractivity contribution in [1.82, 2.24) is 19.4 Å². The molecule has 25 heavy (non-hydrogen) atoms. The van der Waals surface area contributed by atoms with E-state index in [-0.39, 0.29) is 5.91 Å². The summed E-state index contributed by atoms with van der Waals surface area (Å²) in [7, 11) is 3.05. The van der Waals surface area contributed by atoms with Gasteiger partial charge < -0.3 is 18.9 Å². The average Bonchev–Trinajstić information content (AvgIpc) is 3.22. The predicted molar refractivity (Wildman–Crippen MR) is 93.1 cm³/mol. The highest BCUT2D eigenvalue weighted by atomic mass is 16.5. The fourth-order valence-corrected chi connectivity index (χ4v) is 3.31. The van der Waals surface area contributed by atoms with Crippen molar-refractivity contribution in [1.29, 1.82) is 0 Å². The van der Waals surface area contributed by atoms with Crippen molar-refractivity contribution in [2.45, 2.75) is 26.8 Å². The lowest BCUT2D eigenvalue weighted by atomic mass is 10.1. The third-order valence-corrected chi connectivity index (χ3v) is 4.74. The minimum absolute atomic E-state index is 0.0476. The van der Waals surface area contributed by atoms with E-state index in [0.29, 0.717) is 23.2 Å². The SMILES string of the molecule is COc1ccc(C(=O)N2CCC(Cn3c(C)cnc3C)C2)c(OC)n1. The Hall–Kier alpha value is -2.57. The zero-order chi connectivity index (χ0) is 18.0.